The van der Waals surface area contributed by atoms with E-state index in [4.69, 9.17) is 0 Å². The molecule has 1 N–H and O–H groups in total. The molecule has 2 heteroatoms. The second-order valence-electron chi connectivity index (χ2n) is 5.59. The lowest BCUT2D eigenvalue weighted by Gasteiger charge is -2.37. The van der Waals surface area contributed by atoms with Crippen LogP contribution in [0.1, 0.15) is 36.8 Å². The van der Waals surface area contributed by atoms with Gasteiger partial charge in [-0.15, -0.1) is 0 Å². The van der Waals surface area contributed by atoms with Crippen LogP contribution in [0.2, 0.25) is 0 Å². The van der Waals surface area contributed by atoms with E-state index in [0.717, 1.165) is 24.9 Å². The highest BCUT2D eigenvalue weighted by atomic mass is 16.3. The topological polar surface area (TPSA) is 23.5 Å². The fraction of sp³-hybridized carbons (Fsp3) is 0.600. The minimum absolute atomic E-state index is 0.345. The Morgan fingerprint density at radius 1 is 1.29 bits per heavy atom. The Labute approximate surface area is 103 Å². The van der Waals surface area contributed by atoms with E-state index in [2.05, 4.69) is 36.1 Å². The third-order valence-corrected chi connectivity index (χ3v) is 4.46. The Morgan fingerprint density at radius 2 is 2.18 bits per heavy atom. The van der Waals surface area contributed by atoms with Gasteiger partial charge in [0, 0.05) is 12.6 Å². The number of benzene rings is 1. The Kier molecular flexibility index (Phi) is 2.72. The van der Waals surface area contributed by atoms with E-state index in [1.54, 1.807) is 0 Å². The molecule has 2 saturated heterocycles. The van der Waals surface area contributed by atoms with Crippen LogP contribution in [0, 0.1) is 6.92 Å². The zero-order valence-electron chi connectivity index (χ0n) is 10.5. The molecule has 0 unspecified atom stereocenters. The quantitative estimate of drug-likeness (QED) is 0.802. The van der Waals surface area contributed by atoms with Crippen molar-refractivity contribution in [3.63, 3.8) is 0 Å². The molecule has 2 nitrogen and oxygen atoms in total. The minimum Gasteiger partial charge on any atom is -0.383 e. The number of hydrogen-bond acceptors (Lipinski definition) is 2. The second-order valence-corrected chi connectivity index (χ2v) is 5.59. The standard InChI is InChI=1S/C15H21NO/c1-12-5-4-6-13(11-12)15(17)8-10-16-9-3-2-7-14(15)16/h4-6,11,14,17H,2-3,7-10H2,1H3/t14-,15+/m1/s1. The molecule has 0 amide bonds. The van der Waals surface area contributed by atoms with Crippen molar-refractivity contribution in [3.05, 3.63) is 35.4 Å². The molecular weight excluding hydrogens is 210 g/mol. The molecule has 0 radical (unpaired) electrons. The molecule has 2 fully saturated rings. The molecule has 2 aliphatic rings. The fourth-order valence-electron chi connectivity index (χ4n) is 3.53. The average molecular weight is 231 g/mol. The van der Waals surface area contributed by atoms with Gasteiger partial charge in [0.2, 0.25) is 0 Å². The van der Waals surface area contributed by atoms with Crippen LogP contribution in [-0.4, -0.2) is 29.1 Å². The summed E-state index contributed by atoms with van der Waals surface area (Å²) in [6.07, 6.45) is 4.58. The number of hydrogen-bond donors (Lipinski definition) is 1. The zero-order valence-corrected chi connectivity index (χ0v) is 10.5. The summed E-state index contributed by atoms with van der Waals surface area (Å²) in [5.74, 6) is 0. The summed E-state index contributed by atoms with van der Waals surface area (Å²) < 4.78 is 0. The largest absolute Gasteiger partial charge is 0.383 e. The van der Waals surface area contributed by atoms with E-state index >= 15 is 0 Å². The van der Waals surface area contributed by atoms with Crippen LogP contribution in [0.5, 0.6) is 0 Å². The van der Waals surface area contributed by atoms with Crippen molar-refractivity contribution >= 4 is 0 Å². The monoisotopic (exact) mass is 231 g/mol. The first-order chi connectivity index (χ1) is 8.20. The summed E-state index contributed by atoms with van der Waals surface area (Å²) in [4.78, 5) is 2.48. The van der Waals surface area contributed by atoms with Crippen LogP contribution in [-0.2, 0) is 5.60 Å². The van der Waals surface area contributed by atoms with Crippen molar-refractivity contribution < 1.29 is 5.11 Å². The van der Waals surface area contributed by atoms with Gasteiger partial charge in [0.1, 0.15) is 5.60 Å². The third-order valence-electron chi connectivity index (χ3n) is 4.46. The summed E-state index contributed by atoms with van der Waals surface area (Å²) in [6.45, 7) is 4.31. The molecule has 0 aliphatic carbocycles. The number of aryl methyl sites for hydroxylation is 1. The van der Waals surface area contributed by atoms with E-state index in [1.165, 1.54) is 24.9 Å². The van der Waals surface area contributed by atoms with Gasteiger partial charge in [0.05, 0.1) is 0 Å². The van der Waals surface area contributed by atoms with Crippen LogP contribution in [0.25, 0.3) is 0 Å². The predicted molar refractivity (Wildman–Crippen MR) is 68.9 cm³/mol. The van der Waals surface area contributed by atoms with Crippen LogP contribution < -0.4 is 0 Å². The molecule has 2 atom stereocenters. The first kappa shape index (κ1) is 11.2. The predicted octanol–water partition coefficient (Wildman–Crippen LogP) is 2.44. The number of fused-ring (bicyclic) bond motifs is 1. The average Bonchev–Trinajstić information content (AvgIpc) is 2.69. The molecule has 92 valence electrons. The highest BCUT2D eigenvalue weighted by molar-refractivity contribution is 5.30. The molecule has 17 heavy (non-hydrogen) atoms. The van der Waals surface area contributed by atoms with Gasteiger partial charge in [0.25, 0.3) is 0 Å². The molecule has 1 aromatic carbocycles. The number of aliphatic hydroxyl groups is 1. The van der Waals surface area contributed by atoms with Gasteiger partial charge in [-0.3, -0.25) is 4.90 Å². The summed E-state index contributed by atoms with van der Waals surface area (Å²) >= 11 is 0. The lowest BCUT2D eigenvalue weighted by molar-refractivity contribution is -0.0138. The molecular formula is C15H21NO. The Morgan fingerprint density at radius 3 is 3.00 bits per heavy atom. The molecule has 1 aromatic rings. The maximum absolute atomic E-state index is 11.0. The first-order valence-corrected chi connectivity index (χ1v) is 6.74. The van der Waals surface area contributed by atoms with Crippen molar-refractivity contribution in [2.24, 2.45) is 0 Å². The van der Waals surface area contributed by atoms with Gasteiger partial charge >= 0.3 is 0 Å². The van der Waals surface area contributed by atoms with Gasteiger partial charge in [0.15, 0.2) is 0 Å². The van der Waals surface area contributed by atoms with Crippen molar-refractivity contribution in [3.8, 4) is 0 Å². The zero-order chi connectivity index (χ0) is 11.9. The number of rotatable bonds is 1. The van der Waals surface area contributed by atoms with Gasteiger partial charge < -0.3 is 5.11 Å². The van der Waals surface area contributed by atoms with Crippen LogP contribution >= 0.6 is 0 Å². The number of piperidine rings is 1. The van der Waals surface area contributed by atoms with Gasteiger partial charge in [-0.1, -0.05) is 36.2 Å². The molecule has 3 rings (SSSR count). The van der Waals surface area contributed by atoms with Gasteiger partial charge in [-0.2, -0.15) is 0 Å². The smallest absolute Gasteiger partial charge is 0.106 e. The maximum atomic E-state index is 11.0. The van der Waals surface area contributed by atoms with E-state index in [0.29, 0.717) is 6.04 Å². The summed E-state index contributed by atoms with van der Waals surface area (Å²) in [6, 6.07) is 8.75. The molecule has 2 aliphatic heterocycles. The third kappa shape index (κ3) is 1.80. The first-order valence-electron chi connectivity index (χ1n) is 6.74. The van der Waals surface area contributed by atoms with Crippen molar-refractivity contribution in [2.75, 3.05) is 13.1 Å². The summed E-state index contributed by atoms with van der Waals surface area (Å²) in [5, 5.41) is 11.0. The van der Waals surface area contributed by atoms with Crippen LogP contribution in [0.4, 0.5) is 0 Å². The van der Waals surface area contributed by atoms with E-state index < -0.39 is 5.60 Å². The molecule has 0 bridgehead atoms. The molecule has 0 aromatic heterocycles. The summed E-state index contributed by atoms with van der Waals surface area (Å²) in [7, 11) is 0. The van der Waals surface area contributed by atoms with Crippen LogP contribution in [0.15, 0.2) is 24.3 Å². The van der Waals surface area contributed by atoms with Gasteiger partial charge in [-0.05, 0) is 38.3 Å². The fourth-order valence-corrected chi connectivity index (χ4v) is 3.53. The van der Waals surface area contributed by atoms with E-state index in [1.807, 2.05) is 0 Å². The molecule has 2 heterocycles. The maximum Gasteiger partial charge on any atom is 0.106 e. The van der Waals surface area contributed by atoms with Crippen molar-refractivity contribution in [1.29, 1.82) is 0 Å². The Balaban J connectivity index is 1.95. The van der Waals surface area contributed by atoms with Crippen molar-refractivity contribution in [1.82, 2.24) is 4.90 Å². The van der Waals surface area contributed by atoms with Crippen molar-refractivity contribution in [2.45, 2.75) is 44.2 Å². The van der Waals surface area contributed by atoms with E-state index in [9.17, 15) is 5.11 Å². The highest BCUT2D eigenvalue weighted by Gasteiger charge is 2.47. The van der Waals surface area contributed by atoms with E-state index in [-0.39, 0.29) is 0 Å². The van der Waals surface area contributed by atoms with Gasteiger partial charge in [-0.25, -0.2) is 0 Å². The molecule has 0 saturated carbocycles. The lowest BCUT2D eigenvalue weighted by atomic mass is 9.82. The SMILES string of the molecule is Cc1cccc([C@@]2(O)CCN3CCCC[C@@H]32)c1. The highest BCUT2D eigenvalue weighted by Crippen LogP contribution is 2.42. The number of nitrogens with zero attached hydrogens (tertiary/aromatic N) is 1. The normalized spacial score (nSPS) is 33.6. The second kappa shape index (κ2) is 4.11. The Bertz CT molecular complexity index is 417. The lowest BCUT2D eigenvalue weighted by Crippen LogP contribution is -2.45. The van der Waals surface area contributed by atoms with Crippen LogP contribution in [0.3, 0.4) is 0 Å². The minimum atomic E-state index is -0.605. The molecule has 0 spiro atoms. The Hall–Kier alpha value is -0.860. The summed E-state index contributed by atoms with van der Waals surface area (Å²) in [5.41, 5.74) is 1.75.